The summed E-state index contributed by atoms with van der Waals surface area (Å²) in [4.78, 5) is 8.42. The van der Waals surface area contributed by atoms with E-state index in [9.17, 15) is 0 Å². The van der Waals surface area contributed by atoms with Crippen LogP contribution in [0.1, 0.15) is 19.3 Å². The van der Waals surface area contributed by atoms with Gasteiger partial charge in [-0.15, -0.1) is 22.7 Å². The molecular formula is C12H13BrN2S2. The van der Waals surface area contributed by atoms with Crippen LogP contribution in [0.5, 0.6) is 0 Å². The van der Waals surface area contributed by atoms with Crippen molar-refractivity contribution >= 4 is 43.7 Å². The molecule has 1 fully saturated rings. The topological polar surface area (TPSA) is 16.1 Å². The average Bonchev–Trinajstić information content (AvgIpc) is 2.98. The van der Waals surface area contributed by atoms with Gasteiger partial charge in [-0.25, -0.2) is 4.98 Å². The highest BCUT2D eigenvalue weighted by Gasteiger charge is 2.15. The van der Waals surface area contributed by atoms with E-state index in [4.69, 9.17) is 4.98 Å². The fourth-order valence-corrected chi connectivity index (χ4v) is 4.36. The zero-order valence-electron chi connectivity index (χ0n) is 9.36. The van der Waals surface area contributed by atoms with Crippen molar-refractivity contribution in [1.29, 1.82) is 0 Å². The first-order valence-electron chi connectivity index (χ1n) is 5.79. The first-order valence-corrected chi connectivity index (χ1v) is 8.28. The highest BCUT2D eigenvalue weighted by Crippen LogP contribution is 2.34. The van der Waals surface area contributed by atoms with Crippen LogP contribution in [0.3, 0.4) is 0 Å². The lowest BCUT2D eigenvalue weighted by Crippen LogP contribution is -2.29. The summed E-state index contributed by atoms with van der Waals surface area (Å²) in [7, 11) is 0. The van der Waals surface area contributed by atoms with Gasteiger partial charge in [-0.1, -0.05) is 0 Å². The second-order valence-corrected chi connectivity index (χ2v) is 7.47. The van der Waals surface area contributed by atoms with Crippen molar-refractivity contribution in [2.24, 2.45) is 0 Å². The van der Waals surface area contributed by atoms with Crippen LogP contribution in [-0.2, 0) is 0 Å². The van der Waals surface area contributed by atoms with Gasteiger partial charge in [0.15, 0.2) is 5.13 Å². The molecule has 2 nitrogen and oxygen atoms in total. The van der Waals surface area contributed by atoms with E-state index in [0.717, 1.165) is 5.69 Å². The summed E-state index contributed by atoms with van der Waals surface area (Å²) in [6, 6.07) is 4.21. The minimum absolute atomic E-state index is 1.12. The van der Waals surface area contributed by atoms with E-state index in [2.05, 4.69) is 38.3 Å². The zero-order valence-corrected chi connectivity index (χ0v) is 12.6. The molecule has 3 rings (SSSR count). The number of hydrogen-bond acceptors (Lipinski definition) is 4. The molecule has 1 aliphatic heterocycles. The number of piperidine rings is 1. The number of nitrogens with zero attached hydrogens (tertiary/aromatic N) is 2. The number of aromatic nitrogens is 1. The predicted octanol–water partition coefficient (Wildman–Crippen LogP) is 4.62. The summed E-state index contributed by atoms with van der Waals surface area (Å²) < 4.78 is 1.17. The Labute approximate surface area is 117 Å². The van der Waals surface area contributed by atoms with Crippen LogP contribution in [-0.4, -0.2) is 18.1 Å². The Balaban J connectivity index is 1.82. The van der Waals surface area contributed by atoms with E-state index < -0.39 is 0 Å². The monoisotopic (exact) mass is 328 g/mol. The lowest BCUT2D eigenvalue weighted by molar-refractivity contribution is 0.577. The predicted molar refractivity (Wildman–Crippen MR) is 79.2 cm³/mol. The van der Waals surface area contributed by atoms with Gasteiger partial charge in [-0.2, -0.15) is 0 Å². The van der Waals surface area contributed by atoms with Crippen LogP contribution in [0.15, 0.2) is 21.3 Å². The Morgan fingerprint density at radius 1 is 1.18 bits per heavy atom. The maximum atomic E-state index is 4.75. The van der Waals surface area contributed by atoms with Crippen molar-refractivity contribution in [3.05, 3.63) is 21.3 Å². The van der Waals surface area contributed by atoms with Crippen molar-refractivity contribution in [3.8, 4) is 10.6 Å². The Kier molecular flexibility index (Phi) is 3.49. The molecule has 1 aliphatic rings. The molecule has 0 saturated carbocycles. The van der Waals surface area contributed by atoms with Crippen molar-refractivity contribution in [2.75, 3.05) is 18.0 Å². The third-order valence-electron chi connectivity index (χ3n) is 2.94. The van der Waals surface area contributed by atoms with Crippen molar-refractivity contribution in [3.63, 3.8) is 0 Å². The van der Waals surface area contributed by atoms with Crippen LogP contribution in [0, 0.1) is 0 Å². The third-order valence-corrected chi connectivity index (χ3v) is 5.49. The Bertz CT molecular complexity index is 500. The minimum Gasteiger partial charge on any atom is -0.348 e. The van der Waals surface area contributed by atoms with Crippen LogP contribution < -0.4 is 4.90 Å². The quantitative estimate of drug-likeness (QED) is 0.799. The number of rotatable bonds is 2. The summed E-state index contributed by atoms with van der Waals surface area (Å²) in [6.45, 7) is 2.34. The lowest BCUT2D eigenvalue weighted by Gasteiger charge is -2.25. The summed E-state index contributed by atoms with van der Waals surface area (Å²) in [5, 5.41) is 3.35. The normalized spacial score (nSPS) is 16.4. The standard InChI is InChI=1S/C12H13BrN2S2/c13-11-5-4-10(17-11)9-8-16-12(14-9)15-6-2-1-3-7-15/h4-5,8H,1-3,6-7H2. The molecule has 2 aromatic heterocycles. The Hall–Kier alpha value is -0.390. The van der Waals surface area contributed by atoms with E-state index in [0.29, 0.717) is 0 Å². The molecule has 5 heteroatoms. The molecule has 0 unspecified atom stereocenters. The highest BCUT2D eigenvalue weighted by molar-refractivity contribution is 9.11. The number of hydrogen-bond donors (Lipinski definition) is 0. The van der Waals surface area contributed by atoms with Crippen molar-refractivity contribution < 1.29 is 0 Å². The summed E-state index contributed by atoms with van der Waals surface area (Å²) in [5.41, 5.74) is 1.12. The molecule has 0 N–H and O–H groups in total. The SMILES string of the molecule is Brc1ccc(-c2csc(N3CCCCC3)n2)s1. The number of halogens is 1. The largest absolute Gasteiger partial charge is 0.348 e. The molecule has 0 aliphatic carbocycles. The smallest absolute Gasteiger partial charge is 0.185 e. The maximum absolute atomic E-state index is 4.75. The van der Waals surface area contributed by atoms with E-state index in [1.807, 2.05) is 0 Å². The molecule has 0 amide bonds. The van der Waals surface area contributed by atoms with E-state index >= 15 is 0 Å². The zero-order chi connectivity index (χ0) is 11.7. The van der Waals surface area contributed by atoms with E-state index in [-0.39, 0.29) is 0 Å². The Morgan fingerprint density at radius 2 is 2.00 bits per heavy atom. The molecular weight excluding hydrogens is 316 g/mol. The first-order chi connectivity index (χ1) is 8.33. The summed E-state index contributed by atoms with van der Waals surface area (Å²) in [6.07, 6.45) is 3.98. The fourth-order valence-electron chi connectivity index (χ4n) is 2.06. The van der Waals surface area contributed by atoms with Gasteiger partial charge in [0, 0.05) is 18.5 Å². The molecule has 0 atom stereocenters. The molecule has 0 radical (unpaired) electrons. The van der Waals surface area contributed by atoms with Crippen LogP contribution in [0.2, 0.25) is 0 Å². The Morgan fingerprint density at radius 3 is 2.71 bits per heavy atom. The second kappa shape index (κ2) is 5.08. The van der Waals surface area contributed by atoms with Crippen LogP contribution in [0.25, 0.3) is 10.6 Å². The lowest BCUT2D eigenvalue weighted by atomic mass is 10.1. The van der Waals surface area contributed by atoms with Crippen molar-refractivity contribution in [1.82, 2.24) is 4.98 Å². The van der Waals surface area contributed by atoms with Crippen molar-refractivity contribution in [2.45, 2.75) is 19.3 Å². The third kappa shape index (κ3) is 2.56. The van der Waals surface area contributed by atoms with Gasteiger partial charge in [0.2, 0.25) is 0 Å². The molecule has 2 aromatic rings. The van der Waals surface area contributed by atoms with Gasteiger partial charge in [0.1, 0.15) is 0 Å². The summed E-state index contributed by atoms with van der Waals surface area (Å²) >= 11 is 7.01. The second-order valence-electron chi connectivity index (χ2n) is 4.17. The summed E-state index contributed by atoms with van der Waals surface area (Å²) in [5.74, 6) is 0. The van der Waals surface area contributed by atoms with Gasteiger partial charge in [0.25, 0.3) is 0 Å². The molecule has 0 bridgehead atoms. The van der Waals surface area contributed by atoms with E-state index in [1.54, 1.807) is 22.7 Å². The van der Waals surface area contributed by atoms with Gasteiger partial charge >= 0.3 is 0 Å². The van der Waals surface area contributed by atoms with Gasteiger partial charge < -0.3 is 4.90 Å². The maximum Gasteiger partial charge on any atom is 0.185 e. The molecule has 17 heavy (non-hydrogen) atoms. The van der Waals surface area contributed by atoms with E-state index in [1.165, 1.54) is 46.1 Å². The highest BCUT2D eigenvalue weighted by atomic mass is 79.9. The van der Waals surface area contributed by atoms with Gasteiger partial charge in [0.05, 0.1) is 14.4 Å². The number of thiophene rings is 1. The number of anilines is 1. The molecule has 1 saturated heterocycles. The van der Waals surface area contributed by atoms with Crippen LogP contribution >= 0.6 is 38.6 Å². The molecule has 0 spiro atoms. The molecule has 3 heterocycles. The molecule has 0 aromatic carbocycles. The average molecular weight is 329 g/mol. The number of thiazole rings is 1. The van der Waals surface area contributed by atoms with Gasteiger partial charge in [-0.05, 0) is 47.3 Å². The first kappa shape index (κ1) is 11.7. The molecule has 90 valence electrons. The van der Waals surface area contributed by atoms with Gasteiger partial charge in [-0.3, -0.25) is 0 Å². The fraction of sp³-hybridized carbons (Fsp3) is 0.417. The minimum atomic E-state index is 1.12. The van der Waals surface area contributed by atoms with Crippen LogP contribution in [0.4, 0.5) is 5.13 Å².